The van der Waals surface area contributed by atoms with Crippen LogP contribution < -0.4 is 5.32 Å². The fourth-order valence-electron chi connectivity index (χ4n) is 3.24. The van der Waals surface area contributed by atoms with Crippen molar-refractivity contribution in [2.24, 2.45) is 0 Å². The van der Waals surface area contributed by atoms with Crippen molar-refractivity contribution in [3.8, 4) is 0 Å². The van der Waals surface area contributed by atoms with E-state index in [1.54, 1.807) is 0 Å². The standard InChI is InChI=1S/C22H26N2O2/c1-14-11-18-16(3)21(26-20(18)12-15(14)2)22(25)23-13-19(24(4)5)17-9-7-6-8-10-17/h6-12,19H,13H2,1-5H3,(H,23,25)/t19-/m1/s1. The zero-order chi connectivity index (χ0) is 18.8. The van der Waals surface area contributed by atoms with Crippen LogP contribution in [-0.2, 0) is 0 Å². The molecule has 1 atom stereocenters. The van der Waals surface area contributed by atoms with Gasteiger partial charge in [-0.3, -0.25) is 4.79 Å². The van der Waals surface area contributed by atoms with Crippen LogP contribution in [0.3, 0.4) is 0 Å². The van der Waals surface area contributed by atoms with E-state index in [-0.39, 0.29) is 11.9 Å². The average molecular weight is 350 g/mol. The first-order chi connectivity index (χ1) is 12.4. The fraction of sp³-hybridized carbons (Fsp3) is 0.318. The monoisotopic (exact) mass is 350 g/mol. The average Bonchev–Trinajstić information content (AvgIpc) is 2.92. The van der Waals surface area contributed by atoms with Crippen LogP contribution >= 0.6 is 0 Å². The highest BCUT2D eigenvalue weighted by Crippen LogP contribution is 2.28. The highest BCUT2D eigenvalue weighted by Gasteiger charge is 2.20. The zero-order valence-electron chi connectivity index (χ0n) is 16.1. The lowest BCUT2D eigenvalue weighted by Crippen LogP contribution is -2.34. The molecule has 1 amide bonds. The van der Waals surface area contributed by atoms with E-state index in [1.807, 2.05) is 52.2 Å². The highest BCUT2D eigenvalue weighted by atomic mass is 16.3. The van der Waals surface area contributed by atoms with Gasteiger partial charge in [-0.2, -0.15) is 0 Å². The molecule has 0 saturated heterocycles. The van der Waals surface area contributed by atoms with Gasteiger partial charge >= 0.3 is 0 Å². The third-order valence-corrected chi connectivity index (χ3v) is 5.02. The molecule has 1 N–H and O–H groups in total. The summed E-state index contributed by atoms with van der Waals surface area (Å²) in [6.07, 6.45) is 0. The molecule has 3 aromatic rings. The van der Waals surface area contributed by atoms with Crippen molar-refractivity contribution in [3.05, 3.63) is 70.5 Å². The number of carbonyl (C=O) groups is 1. The molecular weight excluding hydrogens is 324 g/mol. The van der Waals surface area contributed by atoms with Crippen LogP contribution in [0.25, 0.3) is 11.0 Å². The molecule has 0 bridgehead atoms. The second kappa shape index (κ2) is 7.34. The van der Waals surface area contributed by atoms with Gasteiger partial charge in [-0.1, -0.05) is 30.3 Å². The van der Waals surface area contributed by atoms with Gasteiger partial charge in [0.25, 0.3) is 5.91 Å². The van der Waals surface area contributed by atoms with Crippen LogP contribution in [0.1, 0.15) is 38.9 Å². The normalized spacial score (nSPS) is 12.5. The third-order valence-electron chi connectivity index (χ3n) is 5.02. The number of rotatable bonds is 5. The van der Waals surface area contributed by atoms with Crippen LogP contribution in [-0.4, -0.2) is 31.4 Å². The Kier molecular flexibility index (Phi) is 5.14. The maximum absolute atomic E-state index is 12.7. The third kappa shape index (κ3) is 3.51. The maximum Gasteiger partial charge on any atom is 0.287 e. The smallest absolute Gasteiger partial charge is 0.287 e. The first-order valence-electron chi connectivity index (χ1n) is 8.88. The number of furan rings is 1. The molecule has 136 valence electrons. The van der Waals surface area contributed by atoms with E-state index in [0.717, 1.165) is 22.1 Å². The van der Waals surface area contributed by atoms with E-state index >= 15 is 0 Å². The minimum Gasteiger partial charge on any atom is -0.451 e. The number of hydrogen-bond donors (Lipinski definition) is 1. The van der Waals surface area contributed by atoms with Crippen molar-refractivity contribution in [1.29, 1.82) is 0 Å². The van der Waals surface area contributed by atoms with E-state index in [4.69, 9.17) is 4.42 Å². The molecule has 0 aliphatic carbocycles. The zero-order valence-corrected chi connectivity index (χ0v) is 16.1. The number of aryl methyl sites for hydroxylation is 3. The second-order valence-corrected chi connectivity index (χ2v) is 7.09. The number of carbonyl (C=O) groups excluding carboxylic acids is 1. The number of hydrogen-bond acceptors (Lipinski definition) is 3. The Morgan fingerprint density at radius 1 is 1.08 bits per heavy atom. The maximum atomic E-state index is 12.7. The number of nitrogens with one attached hydrogen (secondary N) is 1. The van der Waals surface area contributed by atoms with E-state index < -0.39 is 0 Å². The summed E-state index contributed by atoms with van der Waals surface area (Å²) in [4.78, 5) is 14.8. The molecule has 4 heteroatoms. The van der Waals surface area contributed by atoms with Gasteiger partial charge in [0.05, 0.1) is 6.04 Å². The van der Waals surface area contributed by atoms with Gasteiger partial charge in [0, 0.05) is 17.5 Å². The molecule has 0 radical (unpaired) electrons. The number of amides is 1. The Balaban J connectivity index is 1.81. The van der Waals surface area contributed by atoms with Crippen LogP contribution in [0.5, 0.6) is 0 Å². The predicted octanol–water partition coefficient (Wildman–Crippen LogP) is 4.39. The molecule has 2 aromatic carbocycles. The Bertz CT molecular complexity index is 926. The number of benzene rings is 2. The summed E-state index contributed by atoms with van der Waals surface area (Å²) in [5.41, 5.74) is 5.19. The Morgan fingerprint density at radius 2 is 1.73 bits per heavy atom. The summed E-state index contributed by atoms with van der Waals surface area (Å²) >= 11 is 0. The molecule has 1 heterocycles. The van der Waals surface area contributed by atoms with E-state index in [2.05, 4.69) is 35.3 Å². The fourth-order valence-corrected chi connectivity index (χ4v) is 3.24. The van der Waals surface area contributed by atoms with Gasteiger partial charge < -0.3 is 14.6 Å². The molecule has 0 unspecified atom stereocenters. The van der Waals surface area contributed by atoms with Crippen molar-refractivity contribution in [2.75, 3.05) is 20.6 Å². The summed E-state index contributed by atoms with van der Waals surface area (Å²) in [5, 5.41) is 4.04. The summed E-state index contributed by atoms with van der Waals surface area (Å²) in [6.45, 7) is 6.58. The van der Waals surface area contributed by atoms with Crippen molar-refractivity contribution in [1.82, 2.24) is 10.2 Å². The van der Waals surface area contributed by atoms with Gasteiger partial charge in [0.2, 0.25) is 0 Å². The molecule has 26 heavy (non-hydrogen) atoms. The quantitative estimate of drug-likeness (QED) is 0.742. The summed E-state index contributed by atoms with van der Waals surface area (Å²) in [7, 11) is 4.03. The predicted molar refractivity (Wildman–Crippen MR) is 106 cm³/mol. The number of fused-ring (bicyclic) bond motifs is 1. The van der Waals surface area contributed by atoms with Crippen LogP contribution in [0.4, 0.5) is 0 Å². The molecular formula is C22H26N2O2. The van der Waals surface area contributed by atoms with Crippen molar-refractivity contribution < 1.29 is 9.21 Å². The molecule has 3 rings (SSSR count). The Morgan fingerprint density at radius 3 is 2.38 bits per heavy atom. The van der Waals surface area contributed by atoms with Crippen molar-refractivity contribution in [3.63, 3.8) is 0 Å². The first kappa shape index (κ1) is 18.2. The lowest BCUT2D eigenvalue weighted by Gasteiger charge is -2.25. The number of nitrogens with zero attached hydrogens (tertiary/aromatic N) is 1. The largest absolute Gasteiger partial charge is 0.451 e. The van der Waals surface area contributed by atoms with Crippen LogP contribution in [0.15, 0.2) is 46.9 Å². The molecule has 0 fully saturated rings. The van der Waals surface area contributed by atoms with E-state index in [9.17, 15) is 4.79 Å². The van der Waals surface area contributed by atoms with E-state index in [1.165, 1.54) is 11.1 Å². The van der Waals surface area contributed by atoms with Gasteiger partial charge in [-0.25, -0.2) is 0 Å². The minimum absolute atomic E-state index is 0.106. The lowest BCUT2D eigenvalue weighted by atomic mass is 10.0. The van der Waals surface area contributed by atoms with Crippen LogP contribution in [0.2, 0.25) is 0 Å². The van der Waals surface area contributed by atoms with Gasteiger partial charge in [0.1, 0.15) is 5.58 Å². The molecule has 0 aliphatic rings. The first-order valence-corrected chi connectivity index (χ1v) is 8.88. The number of likely N-dealkylation sites (N-methyl/N-ethyl adjacent to an activating group) is 1. The van der Waals surface area contributed by atoms with Gasteiger partial charge in [-0.15, -0.1) is 0 Å². The SMILES string of the molecule is Cc1cc2oc(C(=O)NC[C@H](c3ccccc3)N(C)C)c(C)c2cc1C. The minimum atomic E-state index is -0.170. The van der Waals surface area contributed by atoms with Crippen molar-refractivity contribution >= 4 is 16.9 Å². The van der Waals surface area contributed by atoms with E-state index in [0.29, 0.717) is 12.3 Å². The molecule has 0 spiro atoms. The summed E-state index contributed by atoms with van der Waals surface area (Å²) in [5.74, 6) is 0.229. The van der Waals surface area contributed by atoms with Gasteiger partial charge in [-0.05, 0) is 63.7 Å². The van der Waals surface area contributed by atoms with Crippen molar-refractivity contribution in [2.45, 2.75) is 26.8 Å². The Hall–Kier alpha value is -2.59. The van der Waals surface area contributed by atoms with Crippen LogP contribution in [0, 0.1) is 20.8 Å². The summed E-state index contributed by atoms with van der Waals surface area (Å²) < 4.78 is 5.87. The highest BCUT2D eigenvalue weighted by molar-refractivity contribution is 5.99. The molecule has 0 saturated carbocycles. The lowest BCUT2D eigenvalue weighted by molar-refractivity contribution is 0.0915. The molecule has 4 nitrogen and oxygen atoms in total. The van der Waals surface area contributed by atoms with Gasteiger partial charge in [0.15, 0.2) is 5.76 Å². The Labute approximate surface area is 154 Å². The second-order valence-electron chi connectivity index (χ2n) is 7.09. The topological polar surface area (TPSA) is 45.5 Å². The summed E-state index contributed by atoms with van der Waals surface area (Å²) in [6, 6.07) is 14.4. The molecule has 0 aliphatic heterocycles. The molecule has 1 aromatic heterocycles.